The fourth-order valence-electron chi connectivity index (χ4n) is 1.22. The first-order chi connectivity index (χ1) is 7.36. The summed E-state index contributed by atoms with van der Waals surface area (Å²) in [6, 6.07) is 7.15. The van der Waals surface area contributed by atoms with Crippen LogP contribution in [0.3, 0.4) is 0 Å². The van der Waals surface area contributed by atoms with Crippen LogP contribution >= 0.6 is 0 Å². The zero-order valence-electron chi connectivity index (χ0n) is 8.98. The van der Waals surface area contributed by atoms with Crippen molar-refractivity contribution in [2.45, 2.75) is 26.2 Å². The molecular formula is C11H16BO3. The molecule has 0 spiro atoms. The van der Waals surface area contributed by atoms with Crippen molar-refractivity contribution in [3.63, 3.8) is 0 Å². The minimum absolute atomic E-state index is 0.596. The van der Waals surface area contributed by atoms with Crippen LogP contribution in [0.4, 0.5) is 0 Å². The van der Waals surface area contributed by atoms with Gasteiger partial charge in [-0.1, -0.05) is 19.8 Å². The molecule has 0 fully saturated rings. The normalized spacial score (nSPS) is 9.73. The summed E-state index contributed by atoms with van der Waals surface area (Å²) < 4.78 is 10.3. The van der Waals surface area contributed by atoms with Crippen LogP contribution in [0.5, 0.6) is 11.5 Å². The van der Waals surface area contributed by atoms with E-state index in [2.05, 4.69) is 6.92 Å². The summed E-state index contributed by atoms with van der Waals surface area (Å²) in [5.74, 6) is 1.43. The van der Waals surface area contributed by atoms with Gasteiger partial charge in [0, 0.05) is 0 Å². The molecule has 0 amide bonds. The van der Waals surface area contributed by atoms with E-state index >= 15 is 0 Å². The maximum atomic E-state index is 8.41. The molecule has 0 aliphatic rings. The van der Waals surface area contributed by atoms with E-state index < -0.39 is 0 Å². The Morgan fingerprint density at radius 3 is 2.40 bits per heavy atom. The average Bonchev–Trinajstić information content (AvgIpc) is 2.27. The van der Waals surface area contributed by atoms with Crippen molar-refractivity contribution < 1.29 is 14.4 Å². The first-order valence-corrected chi connectivity index (χ1v) is 5.22. The van der Waals surface area contributed by atoms with Crippen molar-refractivity contribution in [1.29, 1.82) is 0 Å². The molecule has 1 radical (unpaired) electrons. The Hall–Kier alpha value is -1.16. The molecule has 1 aromatic rings. The van der Waals surface area contributed by atoms with E-state index in [-0.39, 0.29) is 0 Å². The lowest BCUT2D eigenvalue weighted by Gasteiger charge is -2.06. The molecule has 0 heterocycles. The van der Waals surface area contributed by atoms with Crippen LogP contribution in [0, 0.1) is 0 Å². The highest BCUT2D eigenvalue weighted by Crippen LogP contribution is 2.17. The number of hydrogen-bond donors (Lipinski definition) is 1. The van der Waals surface area contributed by atoms with Crippen LogP contribution in [0.25, 0.3) is 0 Å². The van der Waals surface area contributed by atoms with E-state index in [1.54, 1.807) is 12.1 Å². The Morgan fingerprint density at radius 1 is 1.13 bits per heavy atom. The second-order valence-corrected chi connectivity index (χ2v) is 3.25. The molecule has 4 heteroatoms. The second-order valence-electron chi connectivity index (χ2n) is 3.25. The van der Waals surface area contributed by atoms with E-state index in [0.717, 1.165) is 18.8 Å². The molecule has 15 heavy (non-hydrogen) atoms. The molecule has 0 saturated carbocycles. The van der Waals surface area contributed by atoms with Crippen LogP contribution in [0.2, 0.25) is 0 Å². The Morgan fingerprint density at radius 2 is 1.80 bits per heavy atom. The third kappa shape index (κ3) is 4.74. The predicted octanol–water partition coefficient (Wildman–Crippen LogP) is 2.16. The summed E-state index contributed by atoms with van der Waals surface area (Å²) in [4.78, 5) is 0. The van der Waals surface area contributed by atoms with E-state index in [9.17, 15) is 0 Å². The maximum Gasteiger partial charge on any atom is 0.569 e. The molecular weight excluding hydrogens is 191 g/mol. The largest absolute Gasteiger partial charge is 0.569 e. The van der Waals surface area contributed by atoms with Crippen LogP contribution in [-0.2, 0) is 0 Å². The molecule has 1 aromatic carbocycles. The summed E-state index contributed by atoms with van der Waals surface area (Å²) in [6.45, 7) is 2.91. The highest BCUT2D eigenvalue weighted by molar-refractivity contribution is 6.17. The number of unbranched alkanes of at least 4 members (excludes halogenated alkanes) is 2. The van der Waals surface area contributed by atoms with Gasteiger partial charge in [-0.25, -0.2) is 0 Å². The van der Waals surface area contributed by atoms with Gasteiger partial charge in [-0.15, -0.1) is 0 Å². The van der Waals surface area contributed by atoms with Crippen LogP contribution in [0.15, 0.2) is 24.3 Å². The van der Waals surface area contributed by atoms with Gasteiger partial charge in [0.05, 0.1) is 6.61 Å². The Labute approximate surface area is 91.3 Å². The van der Waals surface area contributed by atoms with Gasteiger partial charge < -0.3 is 14.4 Å². The molecule has 3 nitrogen and oxygen atoms in total. The zero-order valence-corrected chi connectivity index (χ0v) is 8.98. The fraction of sp³-hybridized carbons (Fsp3) is 0.455. The number of hydrogen-bond acceptors (Lipinski definition) is 3. The summed E-state index contributed by atoms with van der Waals surface area (Å²) >= 11 is 0. The summed E-state index contributed by atoms with van der Waals surface area (Å²) in [5, 5.41) is 8.41. The SMILES string of the molecule is CCCCCOc1ccc(O[B]O)cc1. The molecule has 0 atom stereocenters. The Kier molecular flexibility index (Phi) is 5.70. The van der Waals surface area contributed by atoms with Gasteiger partial charge in [-0.2, -0.15) is 0 Å². The Balaban J connectivity index is 2.29. The van der Waals surface area contributed by atoms with Crippen LogP contribution in [0.1, 0.15) is 26.2 Å². The number of rotatable bonds is 7. The van der Waals surface area contributed by atoms with E-state index in [0.29, 0.717) is 13.4 Å². The van der Waals surface area contributed by atoms with Gasteiger partial charge >= 0.3 is 7.69 Å². The molecule has 0 aliphatic heterocycles. The first-order valence-electron chi connectivity index (χ1n) is 5.22. The van der Waals surface area contributed by atoms with Gasteiger partial charge in [-0.05, 0) is 30.7 Å². The minimum atomic E-state index is 0.596. The van der Waals surface area contributed by atoms with Gasteiger partial charge in [0.2, 0.25) is 0 Å². The van der Waals surface area contributed by atoms with E-state index in [4.69, 9.17) is 14.4 Å². The third-order valence-electron chi connectivity index (χ3n) is 2.03. The first kappa shape index (κ1) is 11.9. The lowest BCUT2D eigenvalue weighted by atomic mass is 10.2. The summed E-state index contributed by atoms with van der Waals surface area (Å²) in [5.41, 5.74) is 0. The van der Waals surface area contributed by atoms with E-state index in [1.165, 1.54) is 12.8 Å². The minimum Gasteiger partial charge on any atom is -0.537 e. The molecule has 0 saturated heterocycles. The average molecular weight is 207 g/mol. The second kappa shape index (κ2) is 7.18. The highest BCUT2D eigenvalue weighted by atomic mass is 16.5. The molecule has 1 N–H and O–H groups in total. The monoisotopic (exact) mass is 207 g/mol. The van der Waals surface area contributed by atoms with Gasteiger partial charge in [0.25, 0.3) is 0 Å². The lowest BCUT2D eigenvalue weighted by Crippen LogP contribution is -2.00. The fourth-order valence-corrected chi connectivity index (χ4v) is 1.22. The zero-order chi connectivity index (χ0) is 10.9. The standard InChI is InChI=1S/C11H16BO3/c1-2-3-4-9-14-10-5-7-11(8-6-10)15-12-13/h5-8,13H,2-4,9H2,1H3. The van der Waals surface area contributed by atoms with Crippen molar-refractivity contribution in [2.75, 3.05) is 6.61 Å². The van der Waals surface area contributed by atoms with Crippen LogP contribution < -0.4 is 9.39 Å². The molecule has 0 aliphatic carbocycles. The smallest absolute Gasteiger partial charge is 0.537 e. The number of ether oxygens (including phenoxy) is 1. The van der Waals surface area contributed by atoms with Crippen molar-refractivity contribution >= 4 is 7.69 Å². The van der Waals surface area contributed by atoms with Gasteiger partial charge in [0.15, 0.2) is 0 Å². The van der Waals surface area contributed by atoms with Crippen molar-refractivity contribution in [3.8, 4) is 11.5 Å². The van der Waals surface area contributed by atoms with Crippen molar-refractivity contribution in [3.05, 3.63) is 24.3 Å². The molecule has 1 rings (SSSR count). The van der Waals surface area contributed by atoms with Crippen LogP contribution in [-0.4, -0.2) is 19.3 Å². The summed E-state index contributed by atoms with van der Waals surface area (Å²) in [7, 11) is 0.664. The highest BCUT2D eigenvalue weighted by Gasteiger charge is 1.96. The summed E-state index contributed by atoms with van der Waals surface area (Å²) in [6.07, 6.45) is 3.47. The lowest BCUT2D eigenvalue weighted by molar-refractivity contribution is 0.306. The topological polar surface area (TPSA) is 38.7 Å². The molecule has 0 unspecified atom stereocenters. The molecule has 0 aromatic heterocycles. The predicted molar refractivity (Wildman–Crippen MR) is 60.1 cm³/mol. The van der Waals surface area contributed by atoms with Crippen molar-refractivity contribution in [1.82, 2.24) is 0 Å². The third-order valence-corrected chi connectivity index (χ3v) is 2.03. The molecule has 81 valence electrons. The Bertz CT molecular complexity index is 261. The van der Waals surface area contributed by atoms with Crippen molar-refractivity contribution in [2.24, 2.45) is 0 Å². The van der Waals surface area contributed by atoms with Gasteiger partial charge in [-0.3, -0.25) is 0 Å². The van der Waals surface area contributed by atoms with Gasteiger partial charge in [0.1, 0.15) is 11.5 Å². The number of benzene rings is 1. The molecule has 0 bridgehead atoms. The quantitative estimate of drug-likeness (QED) is 0.550. The van der Waals surface area contributed by atoms with E-state index in [1.807, 2.05) is 12.1 Å². The maximum absolute atomic E-state index is 8.41.